The van der Waals surface area contributed by atoms with Crippen molar-refractivity contribution in [3.05, 3.63) is 59.7 Å². The maximum absolute atomic E-state index is 12.8. The monoisotopic (exact) mass is 481 g/mol. The molecule has 0 saturated heterocycles. The number of amides is 2. The van der Waals surface area contributed by atoms with Crippen molar-refractivity contribution in [2.45, 2.75) is 32.2 Å². The van der Waals surface area contributed by atoms with E-state index in [0.717, 1.165) is 22.3 Å². The molecule has 35 heavy (non-hydrogen) atoms. The van der Waals surface area contributed by atoms with Gasteiger partial charge in [0.15, 0.2) is 0 Å². The SMILES string of the molecule is CC(C)CC(CNC(=O)OCC1c2ccccc2-c2ccccc21)C(=O)NC(CN(C)C)C(=O)O. The molecule has 3 rings (SSSR count). The number of aliphatic carboxylic acids is 1. The number of benzene rings is 2. The molecule has 8 nitrogen and oxygen atoms in total. The van der Waals surface area contributed by atoms with Gasteiger partial charge in [0.2, 0.25) is 5.91 Å². The molecule has 0 bridgehead atoms. The van der Waals surface area contributed by atoms with E-state index in [9.17, 15) is 19.5 Å². The molecular weight excluding hydrogens is 446 g/mol. The van der Waals surface area contributed by atoms with E-state index >= 15 is 0 Å². The Bertz CT molecular complexity index is 1010. The number of fused-ring (bicyclic) bond motifs is 3. The van der Waals surface area contributed by atoms with E-state index in [1.54, 1.807) is 19.0 Å². The van der Waals surface area contributed by atoms with Crippen LogP contribution in [0.4, 0.5) is 4.79 Å². The summed E-state index contributed by atoms with van der Waals surface area (Å²) < 4.78 is 5.56. The number of rotatable bonds is 11. The van der Waals surface area contributed by atoms with E-state index in [0.29, 0.717) is 6.42 Å². The minimum atomic E-state index is -1.10. The molecular formula is C27H35N3O5. The topological polar surface area (TPSA) is 108 Å². The number of ether oxygens (including phenoxy) is 1. The Balaban J connectivity index is 1.59. The van der Waals surface area contributed by atoms with Crippen molar-refractivity contribution in [2.24, 2.45) is 11.8 Å². The van der Waals surface area contributed by atoms with Crippen LogP contribution in [0.2, 0.25) is 0 Å². The highest BCUT2D eigenvalue weighted by Crippen LogP contribution is 2.44. The Morgan fingerprint density at radius 2 is 1.57 bits per heavy atom. The summed E-state index contributed by atoms with van der Waals surface area (Å²) in [7, 11) is 3.48. The van der Waals surface area contributed by atoms with E-state index in [1.807, 2.05) is 38.1 Å². The molecule has 2 unspecified atom stereocenters. The van der Waals surface area contributed by atoms with Crippen LogP contribution in [0.25, 0.3) is 11.1 Å². The van der Waals surface area contributed by atoms with Crippen LogP contribution in [0, 0.1) is 11.8 Å². The largest absolute Gasteiger partial charge is 0.480 e. The fraction of sp³-hybridized carbons (Fsp3) is 0.444. The molecule has 188 valence electrons. The van der Waals surface area contributed by atoms with Crippen LogP contribution < -0.4 is 10.6 Å². The van der Waals surface area contributed by atoms with Crippen molar-refractivity contribution in [3.63, 3.8) is 0 Å². The predicted molar refractivity (Wildman–Crippen MR) is 134 cm³/mol. The fourth-order valence-electron chi connectivity index (χ4n) is 4.55. The Labute approximate surface area is 206 Å². The van der Waals surface area contributed by atoms with Gasteiger partial charge in [-0.2, -0.15) is 0 Å². The fourth-order valence-corrected chi connectivity index (χ4v) is 4.55. The van der Waals surface area contributed by atoms with Crippen LogP contribution in [0.5, 0.6) is 0 Å². The van der Waals surface area contributed by atoms with E-state index in [2.05, 4.69) is 34.9 Å². The van der Waals surface area contributed by atoms with E-state index in [-0.39, 0.29) is 31.5 Å². The molecule has 1 aliphatic carbocycles. The summed E-state index contributed by atoms with van der Waals surface area (Å²) in [5.41, 5.74) is 4.55. The summed E-state index contributed by atoms with van der Waals surface area (Å²) in [5.74, 6) is -1.93. The van der Waals surface area contributed by atoms with Gasteiger partial charge in [-0.1, -0.05) is 62.4 Å². The van der Waals surface area contributed by atoms with Gasteiger partial charge in [0.05, 0.1) is 5.92 Å². The summed E-state index contributed by atoms with van der Waals surface area (Å²) in [5, 5.41) is 14.7. The first-order valence-corrected chi connectivity index (χ1v) is 11.9. The standard InChI is InChI=1S/C27H35N3O5/c1-17(2)13-18(25(31)29-24(26(32)33)15-30(3)4)14-28-27(34)35-16-23-21-11-7-5-9-19(21)20-10-6-8-12-22(20)23/h5-12,17-18,23-24H,13-16H2,1-4H3,(H,28,34)(H,29,31)(H,32,33). The Kier molecular flexibility index (Phi) is 8.87. The second-order valence-electron chi connectivity index (χ2n) is 9.69. The predicted octanol–water partition coefficient (Wildman–Crippen LogP) is 3.32. The number of likely N-dealkylation sites (N-methyl/N-ethyl adjacent to an activating group) is 1. The van der Waals surface area contributed by atoms with E-state index < -0.39 is 29.9 Å². The highest BCUT2D eigenvalue weighted by Gasteiger charge is 2.30. The van der Waals surface area contributed by atoms with Crippen LogP contribution in [-0.2, 0) is 14.3 Å². The number of carbonyl (C=O) groups is 3. The zero-order valence-corrected chi connectivity index (χ0v) is 20.8. The lowest BCUT2D eigenvalue weighted by molar-refractivity contribution is -0.143. The van der Waals surface area contributed by atoms with Gasteiger partial charge in [0.25, 0.3) is 0 Å². The molecule has 8 heteroatoms. The molecule has 0 heterocycles. The second kappa shape index (κ2) is 11.8. The summed E-state index contributed by atoms with van der Waals surface area (Å²) in [6, 6.07) is 15.2. The van der Waals surface area contributed by atoms with Crippen LogP contribution in [0.1, 0.15) is 37.3 Å². The zero-order chi connectivity index (χ0) is 25.5. The number of carbonyl (C=O) groups excluding carboxylic acids is 2. The lowest BCUT2D eigenvalue weighted by atomic mass is 9.96. The first-order valence-electron chi connectivity index (χ1n) is 11.9. The van der Waals surface area contributed by atoms with Gasteiger partial charge in [-0.25, -0.2) is 9.59 Å². The van der Waals surface area contributed by atoms with Crippen LogP contribution in [-0.4, -0.2) is 67.8 Å². The Morgan fingerprint density at radius 1 is 1.00 bits per heavy atom. The molecule has 2 atom stereocenters. The highest BCUT2D eigenvalue weighted by molar-refractivity contribution is 5.85. The third kappa shape index (κ3) is 6.82. The molecule has 2 aromatic carbocycles. The van der Waals surface area contributed by atoms with Gasteiger partial charge in [0, 0.05) is 19.0 Å². The maximum Gasteiger partial charge on any atom is 0.407 e. The summed E-state index contributed by atoms with van der Waals surface area (Å²) in [4.78, 5) is 38.6. The average molecular weight is 482 g/mol. The van der Waals surface area contributed by atoms with Gasteiger partial charge in [0.1, 0.15) is 12.6 Å². The van der Waals surface area contributed by atoms with Gasteiger partial charge < -0.3 is 25.4 Å². The van der Waals surface area contributed by atoms with Crippen molar-refractivity contribution in [1.29, 1.82) is 0 Å². The molecule has 2 amide bonds. The molecule has 0 fully saturated rings. The van der Waals surface area contributed by atoms with Gasteiger partial charge in [-0.15, -0.1) is 0 Å². The van der Waals surface area contributed by atoms with Gasteiger partial charge in [-0.3, -0.25) is 4.79 Å². The number of carboxylic acids is 1. The number of hydrogen-bond acceptors (Lipinski definition) is 5. The lowest BCUT2D eigenvalue weighted by Gasteiger charge is -2.23. The normalized spacial score (nSPS) is 14.2. The van der Waals surface area contributed by atoms with Crippen molar-refractivity contribution in [1.82, 2.24) is 15.5 Å². The second-order valence-corrected chi connectivity index (χ2v) is 9.69. The maximum atomic E-state index is 12.8. The number of nitrogens with zero attached hydrogens (tertiary/aromatic N) is 1. The summed E-state index contributed by atoms with van der Waals surface area (Å²) in [6.07, 6.45) is -0.0967. The molecule has 0 radical (unpaired) electrons. The Hall–Kier alpha value is -3.39. The molecule has 3 N–H and O–H groups in total. The number of hydrogen-bond donors (Lipinski definition) is 3. The quantitative estimate of drug-likeness (QED) is 0.454. The van der Waals surface area contributed by atoms with Crippen molar-refractivity contribution in [3.8, 4) is 11.1 Å². The van der Waals surface area contributed by atoms with Crippen LogP contribution >= 0.6 is 0 Å². The van der Waals surface area contributed by atoms with Crippen LogP contribution in [0.15, 0.2) is 48.5 Å². The third-order valence-electron chi connectivity index (χ3n) is 6.13. The minimum Gasteiger partial charge on any atom is -0.480 e. The van der Waals surface area contributed by atoms with Gasteiger partial charge >= 0.3 is 12.1 Å². The molecule has 0 saturated carbocycles. The highest BCUT2D eigenvalue weighted by atomic mass is 16.5. The van der Waals surface area contributed by atoms with Crippen molar-refractivity contribution in [2.75, 3.05) is 33.8 Å². The summed E-state index contributed by atoms with van der Waals surface area (Å²) >= 11 is 0. The average Bonchev–Trinajstić information content (AvgIpc) is 3.13. The molecule has 0 aromatic heterocycles. The van der Waals surface area contributed by atoms with Crippen LogP contribution in [0.3, 0.4) is 0 Å². The smallest absolute Gasteiger partial charge is 0.407 e. The van der Waals surface area contributed by atoms with Crippen molar-refractivity contribution < 1.29 is 24.2 Å². The minimum absolute atomic E-state index is 0.0507. The first kappa shape index (κ1) is 26.2. The first-order chi connectivity index (χ1) is 16.7. The number of nitrogens with one attached hydrogen (secondary N) is 2. The molecule has 0 spiro atoms. The van der Waals surface area contributed by atoms with Gasteiger partial charge in [-0.05, 0) is 48.7 Å². The van der Waals surface area contributed by atoms with Crippen molar-refractivity contribution >= 4 is 18.0 Å². The molecule has 1 aliphatic rings. The number of alkyl carbamates (subject to hydrolysis) is 1. The van der Waals surface area contributed by atoms with E-state index in [1.165, 1.54) is 0 Å². The summed E-state index contributed by atoms with van der Waals surface area (Å²) in [6.45, 7) is 4.37. The lowest BCUT2D eigenvalue weighted by Crippen LogP contribution is -2.50. The number of carboxylic acid groups (broad SMARTS) is 1. The Morgan fingerprint density at radius 3 is 2.09 bits per heavy atom. The molecule has 2 aromatic rings. The zero-order valence-electron chi connectivity index (χ0n) is 20.8. The molecule has 0 aliphatic heterocycles. The van der Waals surface area contributed by atoms with E-state index in [4.69, 9.17) is 4.74 Å². The third-order valence-corrected chi connectivity index (χ3v) is 6.13.